The Hall–Kier alpha value is -5.94. The second kappa shape index (κ2) is 11.8. The highest BCUT2D eigenvalue weighted by molar-refractivity contribution is 7.26. The number of hydrogen-bond donors (Lipinski definition) is 0. The van der Waals surface area contributed by atoms with Crippen LogP contribution in [0.1, 0.15) is 12.8 Å². The molecule has 1 aliphatic carbocycles. The Bertz CT molecular complexity index is 3150. The van der Waals surface area contributed by atoms with Gasteiger partial charge in [0.2, 0.25) is 0 Å². The molecule has 11 rings (SSSR count). The second-order valence-corrected chi connectivity index (χ2v) is 15.6. The zero-order valence-corrected chi connectivity index (χ0v) is 29.8. The fraction of sp³-hybridized carbons (Fsp3) is 0.0417. The van der Waals surface area contributed by atoms with Crippen molar-refractivity contribution in [1.82, 2.24) is 0 Å². The molecule has 3 aromatic heterocycles. The van der Waals surface area contributed by atoms with E-state index in [4.69, 9.17) is 4.42 Å². The summed E-state index contributed by atoms with van der Waals surface area (Å²) in [6.45, 7) is 0. The van der Waals surface area contributed by atoms with E-state index in [0.717, 1.165) is 51.6 Å². The molecule has 0 saturated carbocycles. The summed E-state index contributed by atoms with van der Waals surface area (Å²) in [4.78, 5) is 2.58. The number of hydrogen-bond acceptors (Lipinski definition) is 4. The summed E-state index contributed by atoms with van der Waals surface area (Å²) in [7, 11) is 0. The molecule has 52 heavy (non-hydrogen) atoms. The van der Waals surface area contributed by atoms with Crippen LogP contribution in [0.15, 0.2) is 162 Å². The summed E-state index contributed by atoms with van der Waals surface area (Å²) in [5.41, 5.74) is 10.2. The van der Waals surface area contributed by atoms with Gasteiger partial charge in [0.15, 0.2) is 0 Å². The minimum absolute atomic E-state index is 0.912. The standard InChI is InChI=1S/C48H31NOS2/c1-2-13-30(14-3-1)40-29-31(27-28-32(40)36-18-10-19-37-33-15-4-7-24-43(33)50-46(36)37)49(41-22-11-20-38-34-16-5-8-25-44(34)51-47(38)41)42-23-12-21-39-35-17-6-9-26-45(35)52-48(39)42/h1-11,13-22,24-29H,12,23H2. The third kappa shape index (κ3) is 4.55. The van der Waals surface area contributed by atoms with Gasteiger partial charge in [-0.15, -0.1) is 22.7 Å². The number of thiophene rings is 2. The minimum atomic E-state index is 0.912. The molecule has 4 heteroatoms. The van der Waals surface area contributed by atoms with Gasteiger partial charge in [-0.2, -0.15) is 0 Å². The lowest BCUT2D eigenvalue weighted by Gasteiger charge is -2.30. The number of nitrogens with zero attached hydrogens (tertiary/aromatic N) is 1. The van der Waals surface area contributed by atoms with Crippen molar-refractivity contribution in [3.05, 3.63) is 167 Å². The van der Waals surface area contributed by atoms with Crippen LogP contribution in [0.2, 0.25) is 0 Å². The molecule has 10 aromatic rings. The van der Waals surface area contributed by atoms with E-state index in [1.807, 2.05) is 28.7 Å². The number of benzene rings is 7. The Morgan fingerprint density at radius 3 is 2.12 bits per heavy atom. The van der Waals surface area contributed by atoms with Gasteiger partial charge in [-0.1, -0.05) is 127 Å². The average molecular weight is 702 g/mol. The van der Waals surface area contributed by atoms with Crippen LogP contribution in [0.3, 0.4) is 0 Å². The van der Waals surface area contributed by atoms with Gasteiger partial charge in [-0.3, -0.25) is 0 Å². The summed E-state index contributed by atoms with van der Waals surface area (Å²) in [6.07, 6.45) is 4.41. The van der Waals surface area contributed by atoms with Crippen molar-refractivity contribution in [3.8, 4) is 22.3 Å². The van der Waals surface area contributed by atoms with Gasteiger partial charge in [0.05, 0.1) is 14.9 Å². The number of anilines is 2. The Morgan fingerprint density at radius 2 is 1.23 bits per heavy atom. The van der Waals surface area contributed by atoms with E-state index < -0.39 is 0 Å². The van der Waals surface area contributed by atoms with Crippen LogP contribution < -0.4 is 14.7 Å². The minimum Gasteiger partial charge on any atom is -0.455 e. The Balaban J connectivity index is 1.22. The van der Waals surface area contributed by atoms with E-state index in [2.05, 4.69) is 163 Å². The van der Waals surface area contributed by atoms with Gasteiger partial charge in [-0.25, -0.2) is 0 Å². The van der Waals surface area contributed by atoms with Crippen LogP contribution in [0.4, 0.5) is 11.4 Å². The predicted octanol–water partition coefficient (Wildman–Crippen LogP) is 13.0. The zero-order chi connectivity index (χ0) is 34.2. The van der Waals surface area contributed by atoms with Crippen molar-refractivity contribution >= 4 is 98.0 Å². The fourth-order valence-electron chi connectivity index (χ4n) is 8.23. The molecule has 0 atom stereocenters. The van der Waals surface area contributed by atoms with Crippen LogP contribution in [-0.4, -0.2) is 0 Å². The lowest BCUT2D eigenvalue weighted by atomic mass is 9.92. The van der Waals surface area contributed by atoms with Crippen LogP contribution in [-0.2, 0) is 0 Å². The number of fused-ring (bicyclic) bond motifs is 9. The van der Waals surface area contributed by atoms with Crippen molar-refractivity contribution in [3.63, 3.8) is 0 Å². The maximum Gasteiger partial charge on any atom is 0.143 e. The quantitative estimate of drug-likeness (QED) is 0.178. The van der Waals surface area contributed by atoms with E-state index in [9.17, 15) is 0 Å². The average Bonchev–Trinajstić information content (AvgIpc) is 3.91. The van der Waals surface area contributed by atoms with Gasteiger partial charge in [0, 0.05) is 53.3 Å². The van der Waals surface area contributed by atoms with Gasteiger partial charge < -0.3 is 9.32 Å². The van der Waals surface area contributed by atoms with Gasteiger partial charge in [0.25, 0.3) is 0 Å². The first-order chi connectivity index (χ1) is 25.8. The predicted molar refractivity (Wildman–Crippen MR) is 224 cm³/mol. The SMILES string of the molecule is C1=c2c(sc3ccccc23)=C(N(c2ccc(-c3cccc4c3oc3ccccc34)c(-c3ccccc3)c2)c2cccc3c2sc2ccccc23)CC1. The van der Waals surface area contributed by atoms with Gasteiger partial charge >= 0.3 is 0 Å². The summed E-state index contributed by atoms with van der Waals surface area (Å²) >= 11 is 3.81. The van der Waals surface area contributed by atoms with E-state index in [0.29, 0.717) is 0 Å². The van der Waals surface area contributed by atoms with Gasteiger partial charge in [-0.05, 0) is 71.1 Å². The van der Waals surface area contributed by atoms with Crippen molar-refractivity contribution in [1.29, 1.82) is 0 Å². The number of para-hydroxylation sites is 2. The molecule has 0 radical (unpaired) electrons. The van der Waals surface area contributed by atoms with Crippen molar-refractivity contribution in [2.45, 2.75) is 12.8 Å². The van der Waals surface area contributed by atoms with E-state index in [-0.39, 0.29) is 0 Å². The molecular formula is C48H31NOS2. The van der Waals surface area contributed by atoms with Gasteiger partial charge in [0.1, 0.15) is 11.2 Å². The summed E-state index contributed by atoms with van der Waals surface area (Å²) < 4.78 is 11.9. The molecule has 7 aromatic carbocycles. The first-order valence-electron chi connectivity index (χ1n) is 17.8. The fourth-order valence-corrected chi connectivity index (χ4v) is 10.7. The van der Waals surface area contributed by atoms with Crippen LogP contribution in [0.25, 0.3) is 86.2 Å². The Labute approximate surface area is 308 Å². The largest absolute Gasteiger partial charge is 0.455 e. The maximum absolute atomic E-state index is 6.60. The van der Waals surface area contributed by atoms with E-state index in [1.54, 1.807) is 0 Å². The summed E-state index contributed by atoms with van der Waals surface area (Å²) in [5.74, 6) is 0. The molecule has 0 amide bonds. The first kappa shape index (κ1) is 29.8. The topological polar surface area (TPSA) is 16.4 Å². The van der Waals surface area contributed by atoms with Crippen LogP contribution in [0, 0.1) is 0 Å². The lowest BCUT2D eigenvalue weighted by Crippen LogP contribution is -2.32. The molecule has 1 aliphatic rings. The van der Waals surface area contributed by atoms with E-state index >= 15 is 0 Å². The number of rotatable bonds is 5. The van der Waals surface area contributed by atoms with Crippen molar-refractivity contribution < 1.29 is 4.42 Å². The Kier molecular flexibility index (Phi) is 6.76. The smallest absolute Gasteiger partial charge is 0.143 e. The summed E-state index contributed by atoms with van der Waals surface area (Å²) in [6, 6.07) is 57.3. The van der Waals surface area contributed by atoms with Crippen molar-refractivity contribution in [2.24, 2.45) is 0 Å². The second-order valence-electron chi connectivity index (χ2n) is 13.5. The third-order valence-electron chi connectivity index (χ3n) is 10.6. The highest BCUT2D eigenvalue weighted by Crippen LogP contribution is 2.47. The molecule has 0 saturated heterocycles. The normalized spacial score (nSPS) is 13.0. The van der Waals surface area contributed by atoms with Crippen LogP contribution >= 0.6 is 22.7 Å². The molecule has 3 heterocycles. The molecule has 0 spiro atoms. The van der Waals surface area contributed by atoms with E-state index in [1.165, 1.54) is 62.5 Å². The highest BCUT2D eigenvalue weighted by atomic mass is 32.1. The molecule has 0 N–H and O–H groups in total. The molecule has 0 aliphatic heterocycles. The highest BCUT2D eigenvalue weighted by Gasteiger charge is 2.25. The molecule has 246 valence electrons. The zero-order valence-electron chi connectivity index (χ0n) is 28.2. The molecular weight excluding hydrogens is 671 g/mol. The first-order valence-corrected chi connectivity index (χ1v) is 19.4. The third-order valence-corrected chi connectivity index (χ3v) is 13.0. The molecule has 0 fully saturated rings. The number of furan rings is 1. The maximum atomic E-state index is 6.60. The monoisotopic (exact) mass is 701 g/mol. The molecule has 0 unspecified atom stereocenters. The van der Waals surface area contributed by atoms with Crippen LogP contribution in [0.5, 0.6) is 0 Å². The molecule has 2 nitrogen and oxygen atoms in total. The Morgan fingerprint density at radius 1 is 0.519 bits per heavy atom. The summed E-state index contributed by atoms with van der Waals surface area (Å²) in [5, 5.41) is 7.61. The van der Waals surface area contributed by atoms with Crippen molar-refractivity contribution in [2.75, 3.05) is 4.90 Å². The molecule has 0 bridgehead atoms. The lowest BCUT2D eigenvalue weighted by molar-refractivity contribution is 0.670.